The lowest BCUT2D eigenvalue weighted by Gasteiger charge is -2.06. The van der Waals surface area contributed by atoms with E-state index in [0.29, 0.717) is 11.4 Å². The number of sulfonamides is 1. The van der Waals surface area contributed by atoms with Crippen molar-refractivity contribution in [1.29, 1.82) is 0 Å². The zero-order valence-electron chi connectivity index (χ0n) is 13.4. The van der Waals surface area contributed by atoms with Crippen LogP contribution in [0.2, 0.25) is 0 Å². The number of hydrogen-bond acceptors (Lipinski definition) is 7. The Balaban J connectivity index is 1.89. The van der Waals surface area contributed by atoms with Gasteiger partial charge in [-0.2, -0.15) is 0 Å². The first-order chi connectivity index (χ1) is 12.4. The number of nitro benzene ring substituents is 1. The first-order valence-electron chi connectivity index (χ1n) is 7.27. The van der Waals surface area contributed by atoms with Gasteiger partial charge in [0.15, 0.2) is 5.13 Å². The summed E-state index contributed by atoms with van der Waals surface area (Å²) in [4.78, 5) is 14.2. The predicted molar refractivity (Wildman–Crippen MR) is 98.0 cm³/mol. The molecule has 0 amide bonds. The first-order valence-corrected chi connectivity index (χ1v) is 9.63. The second-order valence-electron chi connectivity index (χ2n) is 5.10. The zero-order valence-corrected chi connectivity index (χ0v) is 15.1. The van der Waals surface area contributed by atoms with Gasteiger partial charge in [0.2, 0.25) is 0 Å². The van der Waals surface area contributed by atoms with E-state index in [4.69, 9.17) is 4.74 Å². The molecule has 134 valence electrons. The average molecular weight is 391 g/mol. The number of methoxy groups -OCH3 is 1. The fourth-order valence-corrected chi connectivity index (χ4v) is 4.24. The van der Waals surface area contributed by atoms with Crippen LogP contribution >= 0.6 is 11.3 Å². The largest absolute Gasteiger partial charge is 0.496 e. The van der Waals surface area contributed by atoms with E-state index in [1.54, 1.807) is 11.4 Å². The minimum atomic E-state index is -3.99. The first kappa shape index (κ1) is 17.8. The maximum atomic E-state index is 12.5. The summed E-state index contributed by atoms with van der Waals surface area (Å²) in [7, 11) is -2.45. The highest BCUT2D eigenvalue weighted by Gasteiger charge is 2.20. The molecule has 10 heteroatoms. The number of thiazole rings is 1. The molecule has 26 heavy (non-hydrogen) atoms. The molecule has 0 fully saturated rings. The van der Waals surface area contributed by atoms with E-state index < -0.39 is 14.9 Å². The molecule has 2 aromatic carbocycles. The number of hydrogen-bond donors (Lipinski definition) is 1. The number of nitrogens with zero attached hydrogens (tertiary/aromatic N) is 2. The van der Waals surface area contributed by atoms with Crippen molar-refractivity contribution in [2.75, 3.05) is 11.8 Å². The van der Waals surface area contributed by atoms with Crippen LogP contribution in [-0.4, -0.2) is 25.4 Å². The molecule has 0 aliphatic rings. The molecule has 0 atom stereocenters. The van der Waals surface area contributed by atoms with E-state index in [1.807, 2.05) is 18.2 Å². The highest BCUT2D eigenvalue weighted by molar-refractivity contribution is 7.93. The number of aromatic nitrogens is 1. The van der Waals surface area contributed by atoms with Crippen LogP contribution in [0.5, 0.6) is 5.75 Å². The number of anilines is 1. The second kappa shape index (κ2) is 7.10. The molecule has 1 aromatic heterocycles. The maximum absolute atomic E-state index is 12.5. The zero-order chi connectivity index (χ0) is 18.7. The van der Waals surface area contributed by atoms with Crippen LogP contribution in [-0.2, 0) is 10.0 Å². The molecule has 0 bridgehead atoms. The molecule has 0 spiro atoms. The van der Waals surface area contributed by atoms with Crippen molar-refractivity contribution in [1.82, 2.24) is 4.98 Å². The van der Waals surface area contributed by atoms with E-state index >= 15 is 0 Å². The van der Waals surface area contributed by atoms with Gasteiger partial charge in [0, 0.05) is 23.1 Å². The van der Waals surface area contributed by atoms with E-state index in [-0.39, 0.29) is 15.7 Å². The van der Waals surface area contributed by atoms with Crippen LogP contribution in [0.15, 0.2) is 58.8 Å². The molecule has 3 aromatic rings. The van der Waals surface area contributed by atoms with E-state index in [1.165, 1.54) is 25.3 Å². The van der Waals surface area contributed by atoms with E-state index in [0.717, 1.165) is 23.0 Å². The van der Waals surface area contributed by atoms with Gasteiger partial charge in [0.25, 0.3) is 15.7 Å². The number of para-hydroxylation sites is 1. The van der Waals surface area contributed by atoms with Gasteiger partial charge in [-0.15, -0.1) is 11.3 Å². The normalized spacial score (nSPS) is 11.1. The summed E-state index contributed by atoms with van der Waals surface area (Å²) < 4.78 is 32.5. The smallest absolute Gasteiger partial charge is 0.270 e. The predicted octanol–water partition coefficient (Wildman–Crippen LogP) is 3.53. The van der Waals surface area contributed by atoms with Crippen LogP contribution in [0.25, 0.3) is 11.3 Å². The number of ether oxygens (including phenoxy) is 1. The molecule has 0 radical (unpaired) electrons. The number of benzene rings is 2. The topological polar surface area (TPSA) is 111 Å². The summed E-state index contributed by atoms with van der Waals surface area (Å²) in [6, 6.07) is 12.1. The molecule has 0 aliphatic heterocycles. The van der Waals surface area contributed by atoms with Crippen molar-refractivity contribution in [3.63, 3.8) is 0 Å². The molecule has 0 unspecified atom stereocenters. The summed E-state index contributed by atoms with van der Waals surface area (Å²) in [6.07, 6.45) is 0. The Bertz CT molecular complexity index is 1060. The SMILES string of the molecule is COc1ccccc1-c1csc(NS(=O)(=O)c2cccc([N+](=O)[O-])c2)n1. The van der Waals surface area contributed by atoms with Gasteiger partial charge in [-0.3, -0.25) is 14.8 Å². The third-order valence-corrected chi connectivity index (χ3v) is 5.67. The number of nitro groups is 1. The Kier molecular flexibility index (Phi) is 4.87. The quantitative estimate of drug-likeness (QED) is 0.508. The van der Waals surface area contributed by atoms with Crippen LogP contribution in [0.3, 0.4) is 0 Å². The molecule has 3 rings (SSSR count). The Labute approximate surface area is 153 Å². The Morgan fingerprint density at radius 1 is 1.19 bits per heavy atom. The Morgan fingerprint density at radius 2 is 1.96 bits per heavy atom. The van der Waals surface area contributed by atoms with E-state index in [2.05, 4.69) is 9.71 Å². The Morgan fingerprint density at radius 3 is 2.69 bits per heavy atom. The van der Waals surface area contributed by atoms with E-state index in [9.17, 15) is 18.5 Å². The fourth-order valence-electron chi connectivity index (χ4n) is 2.24. The average Bonchev–Trinajstić information content (AvgIpc) is 3.09. The van der Waals surface area contributed by atoms with Crippen molar-refractivity contribution in [2.45, 2.75) is 4.90 Å². The van der Waals surface area contributed by atoms with Crippen LogP contribution < -0.4 is 9.46 Å². The van der Waals surface area contributed by atoms with Crippen molar-refractivity contribution >= 4 is 32.2 Å². The van der Waals surface area contributed by atoms with Gasteiger partial charge in [-0.1, -0.05) is 18.2 Å². The number of rotatable bonds is 6. The lowest BCUT2D eigenvalue weighted by atomic mass is 10.1. The summed E-state index contributed by atoms with van der Waals surface area (Å²) >= 11 is 1.10. The highest BCUT2D eigenvalue weighted by atomic mass is 32.2. The lowest BCUT2D eigenvalue weighted by molar-refractivity contribution is -0.385. The monoisotopic (exact) mass is 391 g/mol. The van der Waals surface area contributed by atoms with Gasteiger partial charge in [-0.25, -0.2) is 13.4 Å². The number of nitrogens with one attached hydrogen (secondary N) is 1. The van der Waals surface area contributed by atoms with Crippen molar-refractivity contribution in [3.8, 4) is 17.0 Å². The third-order valence-electron chi connectivity index (χ3n) is 3.45. The number of non-ortho nitro benzene ring substituents is 1. The molecule has 8 nitrogen and oxygen atoms in total. The van der Waals surface area contributed by atoms with Gasteiger partial charge in [0.1, 0.15) is 5.75 Å². The molecule has 0 aliphatic carbocycles. The van der Waals surface area contributed by atoms with Crippen LogP contribution in [0.1, 0.15) is 0 Å². The standard InChI is InChI=1S/C16H13N3O5S2/c1-24-15-8-3-2-7-13(15)14-10-25-16(17-14)18-26(22,23)12-6-4-5-11(9-12)19(20)21/h2-10H,1H3,(H,17,18). The van der Waals surface area contributed by atoms with Crippen molar-refractivity contribution in [2.24, 2.45) is 0 Å². The lowest BCUT2D eigenvalue weighted by Crippen LogP contribution is -2.13. The molecular formula is C16H13N3O5S2. The van der Waals surface area contributed by atoms with Crippen molar-refractivity contribution in [3.05, 3.63) is 64.0 Å². The molecule has 1 heterocycles. The fraction of sp³-hybridized carbons (Fsp3) is 0.0625. The molecule has 1 N–H and O–H groups in total. The minimum absolute atomic E-state index is 0.150. The minimum Gasteiger partial charge on any atom is -0.496 e. The third kappa shape index (κ3) is 3.65. The molecular weight excluding hydrogens is 378 g/mol. The van der Waals surface area contributed by atoms with Gasteiger partial charge < -0.3 is 4.74 Å². The summed E-state index contributed by atoms with van der Waals surface area (Å²) in [5.41, 5.74) is 0.984. The molecule has 0 saturated carbocycles. The summed E-state index contributed by atoms with van der Waals surface area (Å²) in [5.74, 6) is 0.617. The van der Waals surface area contributed by atoms with Crippen molar-refractivity contribution < 1.29 is 18.1 Å². The van der Waals surface area contributed by atoms with Gasteiger partial charge in [0.05, 0.1) is 22.6 Å². The summed E-state index contributed by atoms with van der Waals surface area (Å²) in [5, 5.41) is 12.7. The maximum Gasteiger partial charge on any atom is 0.270 e. The summed E-state index contributed by atoms with van der Waals surface area (Å²) in [6.45, 7) is 0. The van der Waals surface area contributed by atoms with Gasteiger partial charge in [-0.05, 0) is 18.2 Å². The molecule has 0 saturated heterocycles. The second-order valence-corrected chi connectivity index (χ2v) is 7.64. The van der Waals surface area contributed by atoms with Crippen LogP contribution in [0, 0.1) is 10.1 Å². The Hall–Kier alpha value is -2.98. The van der Waals surface area contributed by atoms with Crippen LogP contribution in [0.4, 0.5) is 10.8 Å². The van der Waals surface area contributed by atoms with Gasteiger partial charge >= 0.3 is 0 Å². The highest BCUT2D eigenvalue weighted by Crippen LogP contribution is 2.32.